The third-order valence-corrected chi connectivity index (χ3v) is 2.55. The maximum atomic E-state index is 11.1. The fourth-order valence-corrected chi connectivity index (χ4v) is 1.43. The van der Waals surface area contributed by atoms with E-state index in [1.807, 2.05) is 6.92 Å². The molecule has 0 spiro atoms. The molecular weight excluding hydrogens is 196 g/mol. The zero-order valence-corrected chi connectivity index (χ0v) is 9.29. The van der Waals surface area contributed by atoms with Crippen molar-refractivity contribution >= 4 is 11.9 Å². The maximum absolute atomic E-state index is 11.1. The number of aliphatic imine (C=N–C) groups is 1. The van der Waals surface area contributed by atoms with Gasteiger partial charge in [0.25, 0.3) is 0 Å². The summed E-state index contributed by atoms with van der Waals surface area (Å²) < 4.78 is 0. The molecule has 0 saturated heterocycles. The Morgan fingerprint density at radius 3 is 2.47 bits per heavy atom. The molecule has 0 aliphatic carbocycles. The lowest BCUT2D eigenvalue weighted by atomic mass is 9.91. The van der Waals surface area contributed by atoms with Gasteiger partial charge >= 0.3 is 5.97 Å². The Kier molecular flexibility index (Phi) is 5.69. The SMILES string of the molecule is CCC(CCCN=C(N)N)(NC)C(=O)O. The van der Waals surface area contributed by atoms with Gasteiger partial charge in [-0.15, -0.1) is 0 Å². The van der Waals surface area contributed by atoms with E-state index in [0.29, 0.717) is 25.8 Å². The molecule has 6 N–H and O–H groups in total. The van der Waals surface area contributed by atoms with Crippen LogP contribution in [0.15, 0.2) is 4.99 Å². The summed E-state index contributed by atoms with van der Waals surface area (Å²) in [5.74, 6) is -0.797. The van der Waals surface area contributed by atoms with E-state index in [2.05, 4.69) is 10.3 Å². The molecule has 0 amide bonds. The van der Waals surface area contributed by atoms with Crippen LogP contribution in [0.25, 0.3) is 0 Å². The van der Waals surface area contributed by atoms with E-state index in [-0.39, 0.29) is 5.96 Å². The normalized spacial score (nSPS) is 14.3. The Hall–Kier alpha value is -1.30. The summed E-state index contributed by atoms with van der Waals surface area (Å²) in [4.78, 5) is 14.9. The van der Waals surface area contributed by atoms with Gasteiger partial charge in [0.2, 0.25) is 0 Å². The molecular formula is C9H20N4O2. The van der Waals surface area contributed by atoms with E-state index in [9.17, 15) is 4.79 Å². The summed E-state index contributed by atoms with van der Waals surface area (Å²) in [5.41, 5.74) is 9.46. The largest absolute Gasteiger partial charge is 0.480 e. The number of nitrogens with one attached hydrogen (secondary N) is 1. The molecule has 0 aromatic carbocycles. The average Bonchev–Trinajstić information content (AvgIpc) is 2.18. The quantitative estimate of drug-likeness (QED) is 0.260. The predicted octanol–water partition coefficient (Wildman–Crippen LogP) is -0.507. The highest BCUT2D eigenvalue weighted by Gasteiger charge is 2.33. The molecule has 0 radical (unpaired) electrons. The summed E-state index contributed by atoms with van der Waals surface area (Å²) in [5, 5.41) is 11.9. The molecule has 0 heterocycles. The second-order valence-electron chi connectivity index (χ2n) is 3.40. The lowest BCUT2D eigenvalue weighted by Gasteiger charge is -2.27. The van der Waals surface area contributed by atoms with Crippen molar-refractivity contribution in [2.24, 2.45) is 16.5 Å². The van der Waals surface area contributed by atoms with Crippen LogP contribution in [0.1, 0.15) is 26.2 Å². The summed E-state index contributed by atoms with van der Waals surface area (Å²) >= 11 is 0. The zero-order chi connectivity index (χ0) is 11.9. The zero-order valence-electron chi connectivity index (χ0n) is 9.29. The lowest BCUT2D eigenvalue weighted by Crippen LogP contribution is -2.49. The number of aliphatic carboxylic acids is 1. The molecule has 0 aromatic rings. The first-order chi connectivity index (χ1) is 6.98. The van der Waals surface area contributed by atoms with E-state index in [1.165, 1.54) is 0 Å². The summed E-state index contributed by atoms with van der Waals surface area (Å²) in [6.45, 7) is 2.30. The van der Waals surface area contributed by atoms with Crippen molar-refractivity contribution in [3.63, 3.8) is 0 Å². The van der Waals surface area contributed by atoms with Gasteiger partial charge in [-0.25, -0.2) is 0 Å². The smallest absolute Gasteiger partial charge is 0.323 e. The first-order valence-electron chi connectivity index (χ1n) is 4.96. The standard InChI is InChI=1S/C9H20N4O2/c1-3-9(12-2,7(14)15)5-4-6-13-8(10)11/h12H,3-6H2,1-2H3,(H,14,15)(H4,10,11,13). The molecule has 0 aliphatic heterocycles. The van der Waals surface area contributed by atoms with Crippen LogP contribution in [0.3, 0.4) is 0 Å². The first-order valence-corrected chi connectivity index (χ1v) is 4.96. The fraction of sp³-hybridized carbons (Fsp3) is 0.778. The minimum atomic E-state index is -0.862. The van der Waals surface area contributed by atoms with Gasteiger partial charge in [0.1, 0.15) is 5.54 Å². The van der Waals surface area contributed by atoms with Crippen LogP contribution < -0.4 is 16.8 Å². The Morgan fingerprint density at radius 1 is 1.53 bits per heavy atom. The third-order valence-electron chi connectivity index (χ3n) is 2.55. The van der Waals surface area contributed by atoms with Crippen molar-refractivity contribution in [2.75, 3.05) is 13.6 Å². The number of hydrogen-bond donors (Lipinski definition) is 4. The molecule has 0 aromatic heterocycles. The molecule has 15 heavy (non-hydrogen) atoms. The van der Waals surface area contributed by atoms with Crippen molar-refractivity contribution in [3.8, 4) is 0 Å². The topological polar surface area (TPSA) is 114 Å². The summed E-state index contributed by atoms with van der Waals surface area (Å²) in [6.07, 6.45) is 1.67. The molecule has 88 valence electrons. The van der Waals surface area contributed by atoms with Crippen molar-refractivity contribution < 1.29 is 9.90 Å². The summed E-state index contributed by atoms with van der Waals surface area (Å²) in [6, 6.07) is 0. The van der Waals surface area contributed by atoms with Crippen LogP contribution in [0.2, 0.25) is 0 Å². The molecule has 6 heteroatoms. The van der Waals surface area contributed by atoms with E-state index in [1.54, 1.807) is 7.05 Å². The van der Waals surface area contributed by atoms with Gasteiger partial charge in [-0.1, -0.05) is 6.92 Å². The van der Waals surface area contributed by atoms with E-state index < -0.39 is 11.5 Å². The number of carbonyl (C=O) groups is 1. The number of nitrogens with zero attached hydrogens (tertiary/aromatic N) is 1. The highest BCUT2D eigenvalue weighted by molar-refractivity contribution is 5.78. The average molecular weight is 216 g/mol. The van der Waals surface area contributed by atoms with Gasteiger partial charge in [-0.3, -0.25) is 9.79 Å². The molecule has 1 atom stereocenters. The number of hydrogen-bond acceptors (Lipinski definition) is 3. The maximum Gasteiger partial charge on any atom is 0.323 e. The third kappa shape index (κ3) is 4.16. The van der Waals surface area contributed by atoms with Gasteiger partial charge < -0.3 is 21.9 Å². The number of carboxylic acids is 1. The lowest BCUT2D eigenvalue weighted by molar-refractivity contribution is -0.145. The Labute approximate surface area is 89.7 Å². The van der Waals surface area contributed by atoms with Crippen molar-refractivity contribution in [2.45, 2.75) is 31.7 Å². The van der Waals surface area contributed by atoms with Crippen molar-refractivity contribution in [1.29, 1.82) is 0 Å². The molecule has 0 fully saturated rings. The van der Waals surface area contributed by atoms with E-state index >= 15 is 0 Å². The number of likely N-dealkylation sites (N-methyl/N-ethyl adjacent to an activating group) is 1. The Bertz CT molecular complexity index is 232. The first kappa shape index (κ1) is 13.7. The number of nitrogens with two attached hydrogens (primary N) is 2. The Morgan fingerprint density at radius 2 is 2.13 bits per heavy atom. The van der Waals surface area contributed by atoms with Crippen LogP contribution in [-0.4, -0.2) is 36.2 Å². The van der Waals surface area contributed by atoms with E-state index in [4.69, 9.17) is 16.6 Å². The van der Waals surface area contributed by atoms with Gasteiger partial charge in [0.05, 0.1) is 0 Å². The van der Waals surface area contributed by atoms with Gasteiger partial charge in [-0.05, 0) is 26.3 Å². The molecule has 6 nitrogen and oxygen atoms in total. The molecule has 0 saturated carbocycles. The molecule has 0 bridgehead atoms. The van der Waals surface area contributed by atoms with Crippen molar-refractivity contribution in [3.05, 3.63) is 0 Å². The summed E-state index contributed by atoms with van der Waals surface area (Å²) in [7, 11) is 1.65. The Balaban J connectivity index is 4.19. The van der Waals surface area contributed by atoms with Gasteiger partial charge in [0.15, 0.2) is 5.96 Å². The van der Waals surface area contributed by atoms with E-state index in [0.717, 1.165) is 0 Å². The molecule has 0 aliphatic rings. The highest BCUT2D eigenvalue weighted by Crippen LogP contribution is 2.17. The highest BCUT2D eigenvalue weighted by atomic mass is 16.4. The second kappa shape index (κ2) is 6.23. The minimum Gasteiger partial charge on any atom is -0.480 e. The minimum absolute atomic E-state index is 0.0388. The number of guanidine groups is 1. The van der Waals surface area contributed by atoms with Crippen LogP contribution in [0, 0.1) is 0 Å². The van der Waals surface area contributed by atoms with Crippen LogP contribution >= 0.6 is 0 Å². The van der Waals surface area contributed by atoms with Crippen LogP contribution in [0.5, 0.6) is 0 Å². The fourth-order valence-electron chi connectivity index (χ4n) is 1.43. The molecule has 1 unspecified atom stereocenters. The van der Waals surface area contributed by atoms with Crippen molar-refractivity contribution in [1.82, 2.24) is 5.32 Å². The number of rotatable bonds is 7. The predicted molar refractivity (Wildman–Crippen MR) is 59.6 cm³/mol. The van der Waals surface area contributed by atoms with Crippen LogP contribution in [0.4, 0.5) is 0 Å². The number of carboxylic acid groups (broad SMARTS) is 1. The van der Waals surface area contributed by atoms with Crippen LogP contribution in [-0.2, 0) is 4.79 Å². The van der Waals surface area contributed by atoms with Gasteiger partial charge in [0, 0.05) is 6.54 Å². The second-order valence-corrected chi connectivity index (χ2v) is 3.40. The van der Waals surface area contributed by atoms with Gasteiger partial charge in [-0.2, -0.15) is 0 Å². The monoisotopic (exact) mass is 216 g/mol. The molecule has 0 rings (SSSR count).